The van der Waals surface area contributed by atoms with Crippen LogP contribution in [0.1, 0.15) is 12.5 Å². The van der Waals surface area contributed by atoms with Gasteiger partial charge in [-0.3, -0.25) is 4.79 Å². The number of carbonyl (C=O) groups is 1. The molecule has 0 saturated heterocycles. The highest BCUT2D eigenvalue weighted by atomic mass is 19.1. The van der Waals surface area contributed by atoms with Crippen LogP contribution in [0.5, 0.6) is 5.75 Å². The summed E-state index contributed by atoms with van der Waals surface area (Å²) in [7, 11) is 2.67. The fourth-order valence-corrected chi connectivity index (χ4v) is 1.70. The molecule has 0 amide bonds. The van der Waals surface area contributed by atoms with Gasteiger partial charge in [0.1, 0.15) is 0 Å². The number of carbonyl (C=O) groups excluding carboxylic acids is 1. The smallest absolute Gasteiger partial charge is 0.229 e. The van der Waals surface area contributed by atoms with Gasteiger partial charge in [-0.25, -0.2) is 4.39 Å². The summed E-state index contributed by atoms with van der Waals surface area (Å²) in [6.07, 6.45) is 1.98. The Morgan fingerprint density at radius 1 is 1.38 bits per heavy atom. The van der Waals surface area contributed by atoms with Crippen LogP contribution in [0.15, 0.2) is 48.4 Å². The van der Waals surface area contributed by atoms with Gasteiger partial charge in [-0.2, -0.15) is 0 Å². The summed E-state index contributed by atoms with van der Waals surface area (Å²) < 4.78 is 23.8. The number of hydrogen-bond donors (Lipinski definition) is 1. The van der Waals surface area contributed by atoms with E-state index in [-0.39, 0.29) is 22.6 Å². The lowest BCUT2D eigenvalue weighted by Crippen LogP contribution is -2.06. The van der Waals surface area contributed by atoms with E-state index in [1.54, 1.807) is 19.1 Å². The van der Waals surface area contributed by atoms with E-state index < -0.39 is 11.6 Å². The third-order valence-electron chi connectivity index (χ3n) is 2.88. The number of ether oxygens (including phenoxy) is 2. The maximum Gasteiger partial charge on any atom is 0.229 e. The van der Waals surface area contributed by atoms with Gasteiger partial charge in [-0.15, -0.1) is 0 Å². The first kappa shape index (κ1) is 16.5. The van der Waals surface area contributed by atoms with Gasteiger partial charge in [-0.1, -0.05) is 18.7 Å². The molecule has 0 aromatic heterocycles. The maximum absolute atomic E-state index is 14.1. The first-order chi connectivity index (χ1) is 9.96. The van der Waals surface area contributed by atoms with Crippen LogP contribution in [0.3, 0.4) is 0 Å². The van der Waals surface area contributed by atoms with Gasteiger partial charge in [0.2, 0.25) is 5.78 Å². The molecule has 0 radical (unpaired) electrons. The summed E-state index contributed by atoms with van der Waals surface area (Å²) in [4.78, 5) is 11.9. The van der Waals surface area contributed by atoms with Crippen molar-refractivity contribution in [1.29, 1.82) is 0 Å². The fraction of sp³-hybridized carbons (Fsp3) is 0.188. The fourth-order valence-electron chi connectivity index (χ4n) is 1.70. The van der Waals surface area contributed by atoms with Crippen LogP contribution in [-0.4, -0.2) is 25.1 Å². The van der Waals surface area contributed by atoms with Crippen LogP contribution < -0.4 is 4.74 Å². The quantitative estimate of drug-likeness (QED) is 0.496. The summed E-state index contributed by atoms with van der Waals surface area (Å²) in [5, 5.41) is 9.16. The van der Waals surface area contributed by atoms with E-state index in [2.05, 4.69) is 6.58 Å². The number of rotatable bonds is 6. The number of halogens is 1. The minimum absolute atomic E-state index is 0.0541. The van der Waals surface area contributed by atoms with Gasteiger partial charge in [-0.05, 0) is 24.6 Å². The average Bonchev–Trinajstić information content (AvgIpc) is 2.50. The van der Waals surface area contributed by atoms with Crippen LogP contribution in [0.25, 0.3) is 5.57 Å². The number of ketones is 1. The summed E-state index contributed by atoms with van der Waals surface area (Å²) in [5.74, 6) is -1.14. The Labute approximate surface area is 122 Å². The number of benzene rings is 1. The molecular formula is C16H17FO4. The highest BCUT2D eigenvalue weighted by molar-refractivity contribution is 6.09. The summed E-state index contributed by atoms with van der Waals surface area (Å²) in [5.41, 5.74) is 0.662. The molecule has 0 spiro atoms. The second-order valence-electron chi connectivity index (χ2n) is 4.19. The molecule has 0 aliphatic carbocycles. The van der Waals surface area contributed by atoms with E-state index in [1.807, 2.05) is 0 Å². The number of allylic oxidation sites excluding steroid dienone is 3. The van der Waals surface area contributed by atoms with Crippen molar-refractivity contribution >= 4 is 11.4 Å². The SMILES string of the molecule is C=C(OC)C(=O)C(=CO)/C=C(\C)c1cccc(OC)c1F. The topological polar surface area (TPSA) is 55.8 Å². The van der Waals surface area contributed by atoms with Crippen molar-refractivity contribution in [3.8, 4) is 5.75 Å². The number of aliphatic hydroxyl groups excluding tert-OH is 1. The lowest BCUT2D eigenvalue weighted by Gasteiger charge is -2.09. The Hall–Kier alpha value is -2.56. The minimum atomic E-state index is -0.581. The molecule has 1 rings (SSSR count). The van der Waals surface area contributed by atoms with Gasteiger partial charge < -0.3 is 14.6 Å². The van der Waals surface area contributed by atoms with Gasteiger partial charge in [0, 0.05) is 5.56 Å². The summed E-state index contributed by atoms with van der Waals surface area (Å²) >= 11 is 0. The third-order valence-corrected chi connectivity index (χ3v) is 2.88. The molecule has 1 N–H and O–H groups in total. The lowest BCUT2D eigenvalue weighted by molar-refractivity contribution is -0.114. The van der Waals surface area contributed by atoms with Crippen LogP contribution in [-0.2, 0) is 9.53 Å². The van der Waals surface area contributed by atoms with Crippen molar-refractivity contribution in [1.82, 2.24) is 0 Å². The largest absolute Gasteiger partial charge is 0.515 e. The van der Waals surface area contributed by atoms with Crippen LogP contribution in [0, 0.1) is 5.82 Å². The van der Waals surface area contributed by atoms with E-state index in [0.29, 0.717) is 11.8 Å². The Balaban J connectivity index is 3.20. The van der Waals surface area contributed by atoms with Crippen molar-refractivity contribution in [3.05, 3.63) is 59.8 Å². The second kappa shape index (κ2) is 7.28. The molecular weight excluding hydrogens is 275 g/mol. The molecule has 1 aromatic rings. The van der Waals surface area contributed by atoms with E-state index in [4.69, 9.17) is 14.6 Å². The molecule has 0 unspecified atom stereocenters. The standard InChI is InChI=1S/C16H17FO4/c1-10(8-12(9-18)16(19)11(2)20-3)13-6-5-7-14(21-4)15(13)17/h5-9,18H,2H2,1,3-4H3/b10-8+,12-9?. The Morgan fingerprint density at radius 3 is 2.57 bits per heavy atom. The number of methoxy groups -OCH3 is 2. The van der Waals surface area contributed by atoms with Crippen LogP contribution >= 0.6 is 0 Å². The number of aliphatic hydroxyl groups is 1. The molecule has 4 nitrogen and oxygen atoms in total. The third kappa shape index (κ3) is 3.72. The molecule has 5 heteroatoms. The average molecular weight is 292 g/mol. The minimum Gasteiger partial charge on any atom is -0.515 e. The molecule has 0 saturated carbocycles. The Morgan fingerprint density at radius 2 is 2.05 bits per heavy atom. The molecule has 21 heavy (non-hydrogen) atoms. The molecule has 0 aliphatic rings. The van der Waals surface area contributed by atoms with Gasteiger partial charge in [0.15, 0.2) is 17.3 Å². The van der Waals surface area contributed by atoms with Crippen LogP contribution in [0.2, 0.25) is 0 Å². The maximum atomic E-state index is 14.1. The molecule has 0 aliphatic heterocycles. The van der Waals surface area contributed by atoms with Crippen molar-refractivity contribution in [2.45, 2.75) is 6.92 Å². The zero-order valence-corrected chi connectivity index (χ0v) is 12.1. The van der Waals surface area contributed by atoms with Crippen molar-refractivity contribution in [2.75, 3.05) is 14.2 Å². The van der Waals surface area contributed by atoms with E-state index in [1.165, 1.54) is 26.4 Å². The summed E-state index contributed by atoms with van der Waals surface area (Å²) in [6.45, 7) is 5.04. The number of hydrogen-bond acceptors (Lipinski definition) is 4. The zero-order chi connectivity index (χ0) is 16.0. The van der Waals surface area contributed by atoms with Gasteiger partial charge >= 0.3 is 0 Å². The summed E-state index contributed by atoms with van der Waals surface area (Å²) in [6, 6.07) is 4.67. The molecule has 0 atom stereocenters. The number of Topliss-reactive ketones (excluding diaryl/α,β-unsaturated/α-hetero) is 1. The molecule has 0 bridgehead atoms. The molecule has 0 heterocycles. The zero-order valence-electron chi connectivity index (χ0n) is 12.1. The van der Waals surface area contributed by atoms with E-state index in [9.17, 15) is 9.18 Å². The van der Waals surface area contributed by atoms with Gasteiger partial charge in [0.05, 0.1) is 26.1 Å². The Kier molecular flexibility index (Phi) is 5.72. The second-order valence-corrected chi connectivity index (χ2v) is 4.19. The first-order valence-corrected chi connectivity index (χ1v) is 6.09. The van der Waals surface area contributed by atoms with Gasteiger partial charge in [0.25, 0.3) is 0 Å². The lowest BCUT2D eigenvalue weighted by atomic mass is 10.0. The predicted molar refractivity (Wildman–Crippen MR) is 78.5 cm³/mol. The van der Waals surface area contributed by atoms with Crippen molar-refractivity contribution in [2.24, 2.45) is 0 Å². The van der Waals surface area contributed by atoms with E-state index >= 15 is 0 Å². The highest BCUT2D eigenvalue weighted by Crippen LogP contribution is 2.26. The highest BCUT2D eigenvalue weighted by Gasteiger charge is 2.15. The molecule has 0 fully saturated rings. The van der Waals surface area contributed by atoms with Crippen LogP contribution in [0.4, 0.5) is 4.39 Å². The van der Waals surface area contributed by atoms with Crippen molar-refractivity contribution in [3.63, 3.8) is 0 Å². The molecule has 112 valence electrons. The Bertz CT molecular complexity index is 615. The van der Waals surface area contributed by atoms with Crippen molar-refractivity contribution < 1.29 is 23.8 Å². The first-order valence-electron chi connectivity index (χ1n) is 6.09. The monoisotopic (exact) mass is 292 g/mol. The molecule has 1 aromatic carbocycles. The van der Waals surface area contributed by atoms with E-state index in [0.717, 1.165) is 0 Å². The normalized spacial score (nSPS) is 12.0. The predicted octanol–water partition coefficient (Wildman–Crippen LogP) is 3.41.